The van der Waals surface area contributed by atoms with Gasteiger partial charge >= 0.3 is 0 Å². The van der Waals surface area contributed by atoms with Crippen molar-refractivity contribution in [1.82, 2.24) is 0 Å². The third-order valence-electron chi connectivity index (χ3n) is 10.7. The molecule has 0 fully saturated rings. The van der Waals surface area contributed by atoms with Crippen LogP contribution in [0.3, 0.4) is 0 Å². The summed E-state index contributed by atoms with van der Waals surface area (Å²) in [6.45, 7) is 9.00. The number of anilines is 6. The maximum absolute atomic E-state index is 6.15. The Labute approximate surface area is 426 Å². The van der Waals surface area contributed by atoms with Crippen LogP contribution in [0.2, 0.25) is 0 Å². The van der Waals surface area contributed by atoms with Gasteiger partial charge < -0.3 is 45.8 Å². The highest BCUT2D eigenvalue weighted by Gasteiger charge is 2.05. The van der Waals surface area contributed by atoms with Gasteiger partial charge in [0.05, 0.1) is 19.8 Å². The van der Waals surface area contributed by atoms with Gasteiger partial charge in [0, 0.05) is 62.9 Å². The van der Waals surface area contributed by atoms with E-state index in [-0.39, 0.29) is 0 Å². The zero-order chi connectivity index (χ0) is 49.4. The first kappa shape index (κ1) is 54.2. The van der Waals surface area contributed by atoms with Gasteiger partial charge in [-0.2, -0.15) is 0 Å². The van der Waals surface area contributed by atoms with Crippen molar-refractivity contribution in [1.29, 1.82) is 0 Å². The maximum Gasteiger partial charge on any atom is 0.129 e. The summed E-state index contributed by atoms with van der Waals surface area (Å²) < 4.78 is 30.3. The van der Waals surface area contributed by atoms with Crippen LogP contribution in [0, 0.1) is 0 Å². The lowest BCUT2D eigenvalue weighted by Crippen LogP contribution is -1.98. The summed E-state index contributed by atoms with van der Waals surface area (Å²) in [4.78, 5) is 0. The molecular formula is C60H73BrN4O5. The molecule has 0 atom stereocenters. The first-order valence-electron chi connectivity index (χ1n) is 24.9. The van der Waals surface area contributed by atoms with Gasteiger partial charge in [0.25, 0.3) is 0 Å². The number of nitrogens with one attached hydrogen (secondary N) is 2. The van der Waals surface area contributed by atoms with Crippen LogP contribution in [0.1, 0.15) is 97.8 Å². The summed E-state index contributed by atoms with van der Waals surface area (Å²) >= 11 is 3.42. The van der Waals surface area contributed by atoms with Crippen LogP contribution in [0.5, 0.6) is 40.2 Å². The van der Waals surface area contributed by atoms with Gasteiger partial charge in [0.1, 0.15) is 40.2 Å². The van der Waals surface area contributed by atoms with Gasteiger partial charge in [0.15, 0.2) is 0 Å². The summed E-state index contributed by atoms with van der Waals surface area (Å²) in [7, 11) is 0. The van der Waals surface area contributed by atoms with Crippen molar-refractivity contribution in [2.24, 2.45) is 0 Å². The molecule has 0 aliphatic carbocycles. The fraction of sp³-hybridized carbons (Fsp3) is 0.300. The molecule has 7 rings (SSSR count). The standard InChI is InChI=1S/C36H44N2O3.C12H17BrO.C12H12N2O/c1-3-5-7-9-24-39-34-17-11-14-30(26-34)37-29-20-22-33(23-21-29)41-36-19-13-16-32(28-36)38-31-15-12-18-35(27-31)40-25-10-8-6-4-2;1-2-3-4-5-9-14-12-8-6-7-11(13)10-12;13-9-4-6-11(7-5-9)15-12-3-1-2-10(14)8-12/h11-23,26-28,37-38H,3-10,24-25H2,1-2H3;6-8,10H,2-5,9H2,1H3;1-8H,13-14H2. The van der Waals surface area contributed by atoms with Gasteiger partial charge in [-0.05, 0) is 135 Å². The molecule has 0 amide bonds. The molecule has 0 unspecified atom stereocenters. The molecule has 6 N–H and O–H groups in total. The topological polar surface area (TPSA) is 122 Å². The number of rotatable bonds is 26. The van der Waals surface area contributed by atoms with Crippen LogP contribution in [-0.4, -0.2) is 19.8 Å². The second kappa shape index (κ2) is 32.1. The lowest BCUT2D eigenvalue weighted by molar-refractivity contribution is 0.305. The molecule has 70 heavy (non-hydrogen) atoms. The summed E-state index contributed by atoms with van der Waals surface area (Å²) in [5, 5.41) is 6.92. The van der Waals surface area contributed by atoms with Crippen LogP contribution in [0.25, 0.3) is 0 Å². The molecule has 0 saturated heterocycles. The molecule has 0 heterocycles. The van der Waals surface area contributed by atoms with E-state index in [2.05, 4.69) is 47.3 Å². The van der Waals surface area contributed by atoms with E-state index in [4.69, 9.17) is 35.2 Å². The Morgan fingerprint density at radius 2 is 0.729 bits per heavy atom. The van der Waals surface area contributed by atoms with Crippen LogP contribution in [0.4, 0.5) is 34.1 Å². The molecule has 7 aromatic carbocycles. The second-order valence-corrected chi connectivity index (χ2v) is 17.8. The van der Waals surface area contributed by atoms with Crippen LogP contribution in [0.15, 0.2) is 174 Å². The Balaban J connectivity index is 0.000000254. The van der Waals surface area contributed by atoms with Crippen LogP contribution >= 0.6 is 15.9 Å². The number of nitrogen functional groups attached to an aromatic ring is 2. The molecule has 7 aromatic rings. The molecule has 0 spiro atoms. The fourth-order valence-corrected chi connectivity index (χ4v) is 7.38. The Morgan fingerprint density at radius 1 is 0.343 bits per heavy atom. The fourth-order valence-electron chi connectivity index (χ4n) is 7.00. The molecule has 0 aliphatic rings. The highest BCUT2D eigenvalue weighted by molar-refractivity contribution is 9.10. The van der Waals surface area contributed by atoms with Crippen molar-refractivity contribution in [2.45, 2.75) is 97.8 Å². The first-order valence-corrected chi connectivity index (χ1v) is 25.7. The number of benzene rings is 7. The van der Waals surface area contributed by atoms with E-state index in [1.807, 2.05) is 152 Å². The van der Waals surface area contributed by atoms with Crippen molar-refractivity contribution >= 4 is 50.1 Å². The van der Waals surface area contributed by atoms with Gasteiger partial charge in [0.2, 0.25) is 0 Å². The van der Waals surface area contributed by atoms with Gasteiger partial charge in [-0.3, -0.25) is 0 Å². The van der Waals surface area contributed by atoms with Crippen molar-refractivity contribution < 1.29 is 23.7 Å². The molecule has 0 aromatic heterocycles. The zero-order valence-electron chi connectivity index (χ0n) is 41.3. The Morgan fingerprint density at radius 3 is 1.19 bits per heavy atom. The number of hydrogen-bond donors (Lipinski definition) is 4. The third kappa shape index (κ3) is 22.1. The molecule has 370 valence electrons. The summed E-state index contributed by atoms with van der Waals surface area (Å²) in [6.07, 6.45) is 14.6. The molecular weight excluding hydrogens is 937 g/mol. The van der Waals surface area contributed by atoms with E-state index in [9.17, 15) is 0 Å². The predicted octanol–water partition coefficient (Wildman–Crippen LogP) is 17.9. The largest absolute Gasteiger partial charge is 0.494 e. The second-order valence-electron chi connectivity index (χ2n) is 16.9. The Kier molecular flexibility index (Phi) is 24.8. The number of unbranched alkanes of at least 4 members (excludes halogenated alkanes) is 9. The molecule has 0 aliphatic heterocycles. The van der Waals surface area contributed by atoms with E-state index in [0.29, 0.717) is 5.69 Å². The van der Waals surface area contributed by atoms with Crippen LogP contribution in [-0.2, 0) is 0 Å². The predicted molar refractivity (Wildman–Crippen MR) is 297 cm³/mol. The number of nitrogens with two attached hydrogens (primary N) is 2. The van der Waals surface area contributed by atoms with E-state index < -0.39 is 0 Å². The zero-order valence-corrected chi connectivity index (χ0v) is 42.9. The first-order chi connectivity index (χ1) is 34.3. The summed E-state index contributed by atoms with van der Waals surface area (Å²) in [5.41, 5.74) is 16.5. The lowest BCUT2D eigenvalue weighted by Gasteiger charge is -2.12. The van der Waals surface area contributed by atoms with Crippen molar-refractivity contribution in [3.05, 3.63) is 174 Å². The Bertz CT molecular complexity index is 2500. The van der Waals surface area contributed by atoms with E-state index in [1.54, 1.807) is 18.2 Å². The highest BCUT2D eigenvalue weighted by Crippen LogP contribution is 2.30. The van der Waals surface area contributed by atoms with Gasteiger partial charge in [-0.15, -0.1) is 0 Å². The minimum Gasteiger partial charge on any atom is -0.494 e. The maximum atomic E-state index is 6.15. The van der Waals surface area contributed by atoms with Crippen molar-refractivity contribution in [2.75, 3.05) is 41.9 Å². The molecule has 0 bridgehead atoms. The number of hydrogen-bond acceptors (Lipinski definition) is 9. The normalized spacial score (nSPS) is 10.4. The number of ether oxygens (including phenoxy) is 5. The van der Waals surface area contributed by atoms with E-state index in [0.717, 1.165) is 112 Å². The van der Waals surface area contributed by atoms with E-state index in [1.165, 1.54) is 57.8 Å². The Hall–Kier alpha value is -6.78. The SMILES string of the molecule is CCCCCCOc1cccc(Br)c1.CCCCCCOc1cccc(Nc2ccc(Oc3cccc(Nc4cccc(OCCCCCC)c4)c3)cc2)c1.Nc1ccc(Oc2cccc(N)c2)cc1. The minimum absolute atomic E-state index is 0.683. The molecule has 0 saturated carbocycles. The minimum atomic E-state index is 0.683. The van der Waals surface area contributed by atoms with Crippen LogP contribution < -0.4 is 45.8 Å². The smallest absolute Gasteiger partial charge is 0.129 e. The summed E-state index contributed by atoms with van der Waals surface area (Å²) in [5.74, 6) is 5.74. The highest BCUT2D eigenvalue weighted by atomic mass is 79.9. The van der Waals surface area contributed by atoms with Crippen molar-refractivity contribution in [3.8, 4) is 40.2 Å². The lowest BCUT2D eigenvalue weighted by atomic mass is 10.2. The van der Waals surface area contributed by atoms with Gasteiger partial charge in [-0.25, -0.2) is 0 Å². The monoisotopic (exact) mass is 1010 g/mol. The average Bonchev–Trinajstić information content (AvgIpc) is 3.36. The quantitative estimate of drug-likeness (QED) is 0.0310. The molecule has 0 radical (unpaired) electrons. The third-order valence-corrected chi connectivity index (χ3v) is 11.2. The number of halogens is 1. The van der Waals surface area contributed by atoms with Crippen molar-refractivity contribution in [3.63, 3.8) is 0 Å². The summed E-state index contributed by atoms with van der Waals surface area (Å²) in [6, 6.07) is 54.6. The average molecular weight is 1010 g/mol. The van der Waals surface area contributed by atoms with E-state index >= 15 is 0 Å². The molecule has 9 nitrogen and oxygen atoms in total. The van der Waals surface area contributed by atoms with Gasteiger partial charge in [-0.1, -0.05) is 125 Å². The molecule has 10 heteroatoms.